The van der Waals surface area contributed by atoms with Crippen molar-refractivity contribution in [2.45, 2.75) is 52.4 Å². The number of hydrogen-bond acceptors (Lipinski definition) is 0. The van der Waals surface area contributed by atoms with Crippen molar-refractivity contribution in [3.8, 4) is 0 Å². The molecule has 0 nitrogen and oxygen atoms in total. The fourth-order valence-electron chi connectivity index (χ4n) is 4.51. The van der Waals surface area contributed by atoms with E-state index in [1.807, 2.05) is 64.2 Å². The minimum absolute atomic E-state index is 0. The predicted octanol–water partition coefficient (Wildman–Crippen LogP) is 7.51. The van der Waals surface area contributed by atoms with Crippen molar-refractivity contribution in [1.29, 1.82) is 0 Å². The van der Waals surface area contributed by atoms with Crippen molar-refractivity contribution in [1.82, 2.24) is 0 Å². The molecule has 2 heteroatoms. The van der Waals surface area contributed by atoms with E-state index in [1.165, 1.54) is 50.4 Å². The van der Waals surface area contributed by atoms with Crippen LogP contribution >= 0.6 is 0 Å². The summed E-state index contributed by atoms with van der Waals surface area (Å²) >= 11 is 0. The van der Waals surface area contributed by atoms with Crippen molar-refractivity contribution < 1.29 is 34.1 Å². The third-order valence-electron chi connectivity index (χ3n) is 6.07. The van der Waals surface area contributed by atoms with Gasteiger partial charge in [-0.25, -0.2) is 0 Å². The molecule has 0 bridgehead atoms. The van der Waals surface area contributed by atoms with Crippen molar-refractivity contribution in [3.63, 3.8) is 0 Å². The summed E-state index contributed by atoms with van der Waals surface area (Å²) < 4.78 is 0. The van der Waals surface area contributed by atoms with E-state index in [-0.39, 0.29) is 34.1 Å². The summed E-state index contributed by atoms with van der Waals surface area (Å²) in [5.41, 5.74) is 3.65. The third-order valence-corrected chi connectivity index (χ3v) is 6.07. The molecular weight excluding hydrogens is 484 g/mol. The maximum atomic E-state index is 2.31. The van der Waals surface area contributed by atoms with Crippen LogP contribution in [-0.4, -0.2) is 0 Å². The summed E-state index contributed by atoms with van der Waals surface area (Å²) in [5, 5.41) is 0. The first-order valence-electron chi connectivity index (χ1n) is 11.9. The molecule has 0 aromatic carbocycles. The first-order chi connectivity index (χ1) is 15.3. The summed E-state index contributed by atoms with van der Waals surface area (Å²) in [6.45, 7) is 4.61. The van der Waals surface area contributed by atoms with Gasteiger partial charge in [-0.1, -0.05) is 50.7 Å². The second-order valence-electron chi connectivity index (χ2n) is 8.31. The zero-order valence-corrected chi connectivity index (χ0v) is 22.1. The topological polar surface area (TPSA) is 0 Å². The molecule has 0 spiro atoms. The van der Waals surface area contributed by atoms with Crippen LogP contribution in [0.15, 0.2) is 11.1 Å². The molecule has 0 atom stereocenters. The Balaban J connectivity index is 0.000000375. The molecule has 0 amide bonds. The van der Waals surface area contributed by atoms with Gasteiger partial charge in [-0.05, 0) is 128 Å². The van der Waals surface area contributed by atoms with Gasteiger partial charge in [-0.2, -0.15) is 0 Å². The quantitative estimate of drug-likeness (QED) is 0.291. The maximum absolute atomic E-state index is 2.31. The van der Waals surface area contributed by atoms with Crippen LogP contribution in [0.3, 0.4) is 0 Å². The fourth-order valence-corrected chi connectivity index (χ4v) is 4.51. The van der Waals surface area contributed by atoms with Gasteiger partial charge in [-0.15, -0.1) is 0 Å². The summed E-state index contributed by atoms with van der Waals surface area (Å²) in [6, 6.07) is 0. The zero-order chi connectivity index (χ0) is 21.8. The molecule has 5 aliphatic rings. The van der Waals surface area contributed by atoms with Gasteiger partial charge < -0.3 is 0 Å². The van der Waals surface area contributed by atoms with Gasteiger partial charge in [0.15, 0.2) is 0 Å². The smallest absolute Gasteiger partial charge is 0.0654 e. The number of unbranched alkanes of at least 4 members (excludes halogenated alkanes) is 2. The van der Waals surface area contributed by atoms with Crippen molar-refractivity contribution >= 4 is 0 Å². The van der Waals surface area contributed by atoms with Gasteiger partial charge in [0.1, 0.15) is 0 Å². The molecule has 0 aromatic heterocycles. The van der Waals surface area contributed by atoms with Crippen LogP contribution < -0.4 is 0 Å². The Morgan fingerprint density at radius 3 is 0.970 bits per heavy atom. The molecule has 4 saturated carbocycles. The monoisotopic (exact) mass is 520 g/mol. The Bertz CT molecular complexity index is 442. The van der Waals surface area contributed by atoms with Gasteiger partial charge >= 0.3 is 34.1 Å². The molecule has 20 radical (unpaired) electrons. The van der Waals surface area contributed by atoms with Gasteiger partial charge in [0, 0.05) is 17.3 Å². The van der Waals surface area contributed by atoms with Gasteiger partial charge in [0.2, 0.25) is 0 Å². The Kier molecular flexibility index (Phi) is 17.4. The minimum atomic E-state index is 0. The molecular formula is C31H36Fe2+4. The van der Waals surface area contributed by atoms with Crippen LogP contribution in [-0.2, 0) is 34.1 Å². The zero-order valence-electron chi connectivity index (χ0n) is 19.8. The maximum Gasteiger partial charge on any atom is 2.00 e. The molecule has 33 heavy (non-hydrogen) atoms. The second-order valence-corrected chi connectivity index (χ2v) is 8.31. The number of rotatable bonds is 8. The first kappa shape index (κ1) is 31.8. The Morgan fingerprint density at radius 2 is 0.727 bits per heavy atom. The fraction of sp³-hybridized carbons (Fsp3) is 0.290. The third kappa shape index (κ3) is 9.63. The number of allylic oxidation sites excluding steroid dienone is 2. The normalized spacial score (nSPS) is 23.8. The summed E-state index contributed by atoms with van der Waals surface area (Å²) in [5.74, 6) is 2.91. The molecule has 0 aromatic rings. The van der Waals surface area contributed by atoms with Gasteiger partial charge in [0.05, 0.1) is 0 Å². The summed E-state index contributed by atoms with van der Waals surface area (Å²) in [6.07, 6.45) is 45.7. The van der Waals surface area contributed by atoms with E-state index in [1.54, 1.807) is 11.1 Å². The number of hydrogen-bond donors (Lipinski definition) is 0. The molecule has 0 heterocycles. The van der Waals surface area contributed by atoms with Gasteiger partial charge in [-0.3, -0.25) is 0 Å². The Hall–Kier alpha value is 0.779. The van der Waals surface area contributed by atoms with E-state index >= 15 is 0 Å². The SMILES string of the molecule is CCCCC1(CCCC)C([C]2[CH][CH][CH][CH]2)=C1[C]1[CH][CH][CH][CH]1.[CH]1[CH][CH][CH][CH]1.[CH]1[CH][CH][CH][CH]1.[Fe+2].[Fe+2]. The largest absolute Gasteiger partial charge is 2.00 e. The predicted molar refractivity (Wildman–Crippen MR) is 132 cm³/mol. The van der Waals surface area contributed by atoms with Crippen LogP contribution in [0, 0.1) is 133 Å². The van der Waals surface area contributed by atoms with E-state index in [0.717, 1.165) is 0 Å². The molecule has 0 N–H and O–H groups in total. The van der Waals surface area contributed by atoms with E-state index in [4.69, 9.17) is 0 Å². The summed E-state index contributed by atoms with van der Waals surface area (Å²) in [7, 11) is 0. The Labute approximate surface area is 229 Å². The molecule has 172 valence electrons. The molecule has 0 aliphatic heterocycles. The van der Waals surface area contributed by atoms with Crippen molar-refractivity contribution in [2.24, 2.45) is 5.41 Å². The van der Waals surface area contributed by atoms with Crippen LogP contribution in [0.2, 0.25) is 0 Å². The van der Waals surface area contributed by atoms with Crippen molar-refractivity contribution in [3.05, 3.63) is 139 Å². The standard InChI is InChI=1S/C21H26.2C5H5.2Fe/c1-3-5-15-21(16-6-4-2)19(17-11-7-8-12-17)20(21)18-13-9-10-14-18;2*1-2-4-5-3-1;;/h7-14H,3-6,15-16H2,1-2H3;2*1-5H;;/q;;;2*+2. The van der Waals surface area contributed by atoms with Crippen LogP contribution in [0.5, 0.6) is 0 Å². The Morgan fingerprint density at radius 1 is 0.455 bits per heavy atom. The van der Waals surface area contributed by atoms with E-state index < -0.39 is 0 Å². The average Bonchev–Trinajstić information content (AvgIpc) is 3.54. The average molecular weight is 520 g/mol. The molecule has 0 saturated heterocycles. The minimum Gasteiger partial charge on any atom is -0.0654 e. The molecule has 4 fully saturated rings. The first-order valence-corrected chi connectivity index (χ1v) is 11.9. The second kappa shape index (κ2) is 18.1. The van der Waals surface area contributed by atoms with Crippen LogP contribution in [0.25, 0.3) is 0 Å². The van der Waals surface area contributed by atoms with Crippen LogP contribution in [0.1, 0.15) is 52.4 Å². The molecule has 5 aliphatic carbocycles. The molecule has 0 unspecified atom stereocenters. The van der Waals surface area contributed by atoms with E-state index in [0.29, 0.717) is 5.41 Å². The van der Waals surface area contributed by atoms with E-state index in [9.17, 15) is 0 Å². The van der Waals surface area contributed by atoms with Crippen molar-refractivity contribution in [2.75, 3.05) is 0 Å². The van der Waals surface area contributed by atoms with Crippen LogP contribution in [0.4, 0.5) is 0 Å². The summed E-state index contributed by atoms with van der Waals surface area (Å²) in [4.78, 5) is 0. The van der Waals surface area contributed by atoms with E-state index in [2.05, 4.69) is 65.2 Å². The van der Waals surface area contributed by atoms with Gasteiger partial charge in [0.25, 0.3) is 0 Å². The molecule has 5 rings (SSSR count).